The number of carbonyl (C=O) groups excluding carboxylic acids is 1. The van der Waals surface area contributed by atoms with Crippen molar-refractivity contribution >= 4 is 6.03 Å². The van der Waals surface area contributed by atoms with Crippen LogP contribution in [-0.2, 0) is 4.74 Å². The van der Waals surface area contributed by atoms with Gasteiger partial charge >= 0.3 is 6.03 Å². The van der Waals surface area contributed by atoms with Crippen molar-refractivity contribution in [3.63, 3.8) is 0 Å². The highest BCUT2D eigenvalue weighted by atomic mass is 16.5. The Bertz CT molecular complexity index is 270. The van der Waals surface area contributed by atoms with E-state index in [-0.39, 0.29) is 11.6 Å². The van der Waals surface area contributed by atoms with Crippen molar-refractivity contribution in [2.75, 3.05) is 19.7 Å². The molecule has 0 aromatic heterocycles. The fraction of sp³-hybridized carbons (Fsp3) is 0.909. The Kier molecular flexibility index (Phi) is 2.12. The number of ether oxygens (including phenoxy) is 1. The van der Waals surface area contributed by atoms with Gasteiger partial charge in [-0.15, -0.1) is 0 Å². The normalized spacial score (nSPS) is 35.1. The van der Waals surface area contributed by atoms with Gasteiger partial charge in [0.1, 0.15) is 0 Å². The number of nitrogens with zero attached hydrogens (tertiary/aromatic N) is 1. The molecule has 4 heteroatoms. The summed E-state index contributed by atoms with van der Waals surface area (Å²) < 4.78 is 5.78. The molecule has 3 fully saturated rings. The van der Waals surface area contributed by atoms with Crippen LogP contribution in [-0.4, -0.2) is 42.3 Å². The van der Waals surface area contributed by atoms with E-state index in [0.717, 1.165) is 51.8 Å². The Morgan fingerprint density at radius 3 is 2.93 bits per heavy atom. The molecule has 1 spiro atoms. The minimum atomic E-state index is 0.0148. The van der Waals surface area contributed by atoms with Gasteiger partial charge in [0.05, 0.1) is 12.1 Å². The molecule has 1 aliphatic carbocycles. The fourth-order valence-corrected chi connectivity index (χ4v) is 2.59. The third kappa shape index (κ3) is 1.83. The molecule has 3 aliphatic rings. The maximum atomic E-state index is 11.8. The Morgan fingerprint density at radius 1 is 1.40 bits per heavy atom. The first-order valence-corrected chi connectivity index (χ1v) is 5.97. The second-order valence-corrected chi connectivity index (χ2v) is 5.03. The average Bonchev–Trinajstić information content (AvgIpc) is 2.81. The zero-order valence-corrected chi connectivity index (χ0v) is 9.00. The summed E-state index contributed by atoms with van der Waals surface area (Å²) in [5.74, 6) is 0. The highest BCUT2D eigenvalue weighted by Crippen LogP contribution is 2.34. The Morgan fingerprint density at radius 2 is 2.27 bits per heavy atom. The molecule has 0 unspecified atom stereocenters. The number of nitrogens with one attached hydrogen (secondary N) is 1. The van der Waals surface area contributed by atoms with Gasteiger partial charge in [0.25, 0.3) is 0 Å². The average molecular weight is 210 g/mol. The van der Waals surface area contributed by atoms with Gasteiger partial charge in [0.15, 0.2) is 0 Å². The molecule has 0 aromatic carbocycles. The summed E-state index contributed by atoms with van der Waals surface area (Å²) in [7, 11) is 0. The number of hydrogen-bond donors (Lipinski definition) is 1. The van der Waals surface area contributed by atoms with E-state index in [1.807, 2.05) is 4.90 Å². The number of rotatable bonds is 1. The van der Waals surface area contributed by atoms with E-state index < -0.39 is 0 Å². The van der Waals surface area contributed by atoms with E-state index in [1.165, 1.54) is 0 Å². The van der Waals surface area contributed by atoms with Crippen LogP contribution in [0.5, 0.6) is 0 Å². The number of amides is 2. The first kappa shape index (κ1) is 9.46. The van der Waals surface area contributed by atoms with Crippen LogP contribution in [0.3, 0.4) is 0 Å². The first-order chi connectivity index (χ1) is 7.27. The molecule has 2 aliphatic heterocycles. The molecule has 4 nitrogen and oxygen atoms in total. The molecule has 0 bridgehead atoms. The number of urea groups is 1. The van der Waals surface area contributed by atoms with Gasteiger partial charge in [-0.3, -0.25) is 0 Å². The van der Waals surface area contributed by atoms with Crippen LogP contribution in [0.4, 0.5) is 4.79 Å². The van der Waals surface area contributed by atoms with Gasteiger partial charge in [0, 0.05) is 19.2 Å². The monoisotopic (exact) mass is 210 g/mol. The van der Waals surface area contributed by atoms with E-state index in [4.69, 9.17) is 4.74 Å². The predicted molar refractivity (Wildman–Crippen MR) is 55.7 cm³/mol. The number of carbonyl (C=O) groups is 1. The SMILES string of the molecule is O=C(NC1CC1)N1CC[C@@]2(CCCO2)C1. The quantitative estimate of drug-likeness (QED) is 0.704. The van der Waals surface area contributed by atoms with Gasteiger partial charge < -0.3 is 15.0 Å². The highest BCUT2D eigenvalue weighted by Gasteiger charge is 2.43. The summed E-state index contributed by atoms with van der Waals surface area (Å²) in [4.78, 5) is 13.7. The summed E-state index contributed by atoms with van der Waals surface area (Å²) in [6.07, 6.45) is 5.60. The van der Waals surface area contributed by atoms with Crippen molar-refractivity contribution in [3.8, 4) is 0 Å². The summed E-state index contributed by atoms with van der Waals surface area (Å²) in [5, 5.41) is 3.03. The van der Waals surface area contributed by atoms with E-state index >= 15 is 0 Å². The summed E-state index contributed by atoms with van der Waals surface area (Å²) in [6, 6.07) is 0.573. The minimum Gasteiger partial charge on any atom is -0.373 e. The molecule has 2 saturated heterocycles. The Balaban J connectivity index is 1.57. The molecule has 1 saturated carbocycles. The lowest BCUT2D eigenvalue weighted by Gasteiger charge is -2.23. The van der Waals surface area contributed by atoms with Gasteiger partial charge in [-0.2, -0.15) is 0 Å². The standard InChI is InChI=1S/C11H18N2O2/c14-10(12-9-2-3-9)13-6-5-11(8-13)4-1-7-15-11/h9H,1-8H2,(H,12,14)/t11-/m0/s1. The third-order valence-electron chi connectivity index (χ3n) is 3.69. The number of likely N-dealkylation sites (tertiary alicyclic amines) is 1. The van der Waals surface area contributed by atoms with Crippen molar-refractivity contribution in [2.45, 2.75) is 43.7 Å². The molecular weight excluding hydrogens is 192 g/mol. The molecular formula is C11H18N2O2. The van der Waals surface area contributed by atoms with Crippen LogP contribution in [0, 0.1) is 0 Å². The summed E-state index contributed by atoms with van der Waals surface area (Å²) in [6.45, 7) is 2.53. The molecule has 1 N–H and O–H groups in total. The first-order valence-electron chi connectivity index (χ1n) is 5.97. The zero-order valence-electron chi connectivity index (χ0n) is 9.00. The van der Waals surface area contributed by atoms with Crippen LogP contribution in [0.25, 0.3) is 0 Å². The summed E-state index contributed by atoms with van der Waals surface area (Å²) in [5.41, 5.74) is 0.0148. The van der Waals surface area contributed by atoms with Crippen molar-refractivity contribution < 1.29 is 9.53 Å². The molecule has 0 aromatic rings. The third-order valence-corrected chi connectivity index (χ3v) is 3.69. The van der Waals surface area contributed by atoms with Crippen LogP contribution < -0.4 is 5.32 Å². The predicted octanol–water partition coefficient (Wildman–Crippen LogP) is 1.11. The lowest BCUT2D eigenvalue weighted by atomic mass is 10.00. The zero-order chi connectivity index (χ0) is 10.3. The largest absolute Gasteiger partial charge is 0.373 e. The second-order valence-electron chi connectivity index (χ2n) is 5.03. The van der Waals surface area contributed by atoms with Crippen LogP contribution in [0.2, 0.25) is 0 Å². The molecule has 3 rings (SSSR count). The topological polar surface area (TPSA) is 41.6 Å². The smallest absolute Gasteiger partial charge is 0.317 e. The maximum Gasteiger partial charge on any atom is 0.317 e. The van der Waals surface area contributed by atoms with Crippen LogP contribution in [0.1, 0.15) is 32.1 Å². The van der Waals surface area contributed by atoms with Crippen LogP contribution in [0.15, 0.2) is 0 Å². The Labute approximate surface area is 90.0 Å². The number of hydrogen-bond acceptors (Lipinski definition) is 2. The minimum absolute atomic E-state index is 0.0148. The molecule has 0 radical (unpaired) electrons. The van der Waals surface area contributed by atoms with E-state index in [0.29, 0.717) is 6.04 Å². The van der Waals surface area contributed by atoms with Gasteiger partial charge in [0.2, 0.25) is 0 Å². The van der Waals surface area contributed by atoms with Crippen molar-refractivity contribution in [3.05, 3.63) is 0 Å². The van der Waals surface area contributed by atoms with Crippen molar-refractivity contribution in [1.82, 2.24) is 10.2 Å². The fourth-order valence-electron chi connectivity index (χ4n) is 2.59. The lowest BCUT2D eigenvalue weighted by Crippen LogP contribution is -2.42. The molecule has 2 amide bonds. The van der Waals surface area contributed by atoms with Crippen molar-refractivity contribution in [2.24, 2.45) is 0 Å². The van der Waals surface area contributed by atoms with Crippen LogP contribution >= 0.6 is 0 Å². The van der Waals surface area contributed by atoms with Gasteiger partial charge in [-0.05, 0) is 32.1 Å². The Hall–Kier alpha value is -0.770. The molecule has 1 atom stereocenters. The van der Waals surface area contributed by atoms with Gasteiger partial charge in [-0.25, -0.2) is 4.79 Å². The second kappa shape index (κ2) is 3.37. The van der Waals surface area contributed by atoms with E-state index in [9.17, 15) is 4.79 Å². The molecule has 2 heterocycles. The molecule has 84 valence electrons. The molecule has 15 heavy (non-hydrogen) atoms. The summed E-state index contributed by atoms with van der Waals surface area (Å²) >= 11 is 0. The van der Waals surface area contributed by atoms with Crippen molar-refractivity contribution in [1.29, 1.82) is 0 Å². The van der Waals surface area contributed by atoms with E-state index in [1.54, 1.807) is 0 Å². The maximum absolute atomic E-state index is 11.8. The highest BCUT2D eigenvalue weighted by molar-refractivity contribution is 5.75. The van der Waals surface area contributed by atoms with E-state index in [2.05, 4.69) is 5.32 Å². The van der Waals surface area contributed by atoms with Gasteiger partial charge in [-0.1, -0.05) is 0 Å². The lowest BCUT2D eigenvalue weighted by molar-refractivity contribution is 0.0152.